The van der Waals surface area contributed by atoms with Crippen LogP contribution in [0.4, 0.5) is 0 Å². The molecule has 2 N–H and O–H groups in total. The third-order valence-corrected chi connectivity index (χ3v) is 5.58. The number of aromatic amines is 1. The lowest BCUT2D eigenvalue weighted by Gasteiger charge is -2.03. The molecule has 2 heterocycles. The first-order valence-electron chi connectivity index (χ1n) is 8.97. The highest BCUT2D eigenvalue weighted by atomic mass is 32.1. The van der Waals surface area contributed by atoms with Crippen LogP contribution in [0.1, 0.15) is 18.7 Å². The minimum Gasteiger partial charge on any atom is -0.318 e. The number of hydrogen-bond donors (Lipinski definition) is 2. The Kier molecular flexibility index (Phi) is 5.03. The van der Waals surface area contributed by atoms with Crippen molar-refractivity contribution in [2.45, 2.75) is 19.3 Å². The first-order chi connectivity index (χ1) is 13.6. The summed E-state index contributed by atoms with van der Waals surface area (Å²) in [6.07, 6.45) is 1.39. The monoisotopic (exact) mass is 393 g/mol. The fourth-order valence-electron chi connectivity index (χ4n) is 3.02. The molecule has 0 unspecified atom stereocenters. The summed E-state index contributed by atoms with van der Waals surface area (Å²) in [6.45, 7) is 0. The second-order valence-electron chi connectivity index (χ2n) is 6.44. The van der Waals surface area contributed by atoms with E-state index in [0.29, 0.717) is 36.0 Å². The number of aryl methyl sites for hydroxylation is 2. The fraction of sp³-hybridized carbons (Fsp3) is 0.200. The lowest BCUT2D eigenvalue weighted by atomic mass is 10.2. The van der Waals surface area contributed by atoms with Gasteiger partial charge in [0.05, 0.1) is 21.1 Å². The van der Waals surface area contributed by atoms with Gasteiger partial charge in [-0.15, -0.1) is 5.10 Å². The lowest BCUT2D eigenvalue weighted by Crippen LogP contribution is -2.23. The number of fused-ring (bicyclic) bond motifs is 2. The molecule has 0 bridgehead atoms. The van der Waals surface area contributed by atoms with E-state index < -0.39 is 0 Å². The molecular formula is C20H19N5O2S. The summed E-state index contributed by atoms with van der Waals surface area (Å²) < 4.78 is 3.06. The van der Waals surface area contributed by atoms with Crippen LogP contribution in [0.5, 0.6) is 0 Å². The molecule has 8 heteroatoms. The number of amides is 1. The predicted octanol–water partition coefficient (Wildman–Crippen LogP) is 2.43. The van der Waals surface area contributed by atoms with Crippen molar-refractivity contribution in [2.75, 3.05) is 0 Å². The Morgan fingerprint density at radius 1 is 1.21 bits per heavy atom. The molecule has 1 amide bonds. The SMILES string of the molecule is Cn1/c(=N/NC(=O)CCCc2nc3ccccc3c(=O)[nH]2)sc2ccccc21. The molecule has 0 aliphatic carbocycles. The molecule has 0 fully saturated rings. The normalized spacial score (nSPS) is 12.0. The van der Waals surface area contributed by atoms with Gasteiger partial charge in [-0.25, -0.2) is 10.4 Å². The molecule has 2 aromatic carbocycles. The van der Waals surface area contributed by atoms with Crippen LogP contribution in [0.3, 0.4) is 0 Å². The van der Waals surface area contributed by atoms with Crippen LogP contribution in [-0.4, -0.2) is 20.4 Å². The summed E-state index contributed by atoms with van der Waals surface area (Å²) in [4.78, 5) is 32.1. The Bertz CT molecular complexity index is 1280. The van der Waals surface area contributed by atoms with Gasteiger partial charge in [-0.05, 0) is 30.7 Å². The van der Waals surface area contributed by atoms with E-state index in [2.05, 4.69) is 20.5 Å². The minimum absolute atomic E-state index is 0.155. The van der Waals surface area contributed by atoms with Crippen molar-refractivity contribution in [2.24, 2.45) is 12.1 Å². The van der Waals surface area contributed by atoms with Crippen LogP contribution < -0.4 is 15.8 Å². The van der Waals surface area contributed by atoms with Crippen LogP contribution in [0.2, 0.25) is 0 Å². The van der Waals surface area contributed by atoms with E-state index >= 15 is 0 Å². The van der Waals surface area contributed by atoms with Crippen LogP contribution in [0, 0.1) is 0 Å². The van der Waals surface area contributed by atoms with Gasteiger partial charge in [0.25, 0.3) is 5.56 Å². The Balaban J connectivity index is 1.38. The molecule has 28 heavy (non-hydrogen) atoms. The number of benzene rings is 2. The number of carbonyl (C=O) groups is 1. The zero-order valence-corrected chi connectivity index (χ0v) is 16.1. The number of hydrogen-bond acceptors (Lipinski definition) is 5. The Morgan fingerprint density at radius 2 is 2.00 bits per heavy atom. The van der Waals surface area contributed by atoms with E-state index in [0.717, 1.165) is 15.0 Å². The van der Waals surface area contributed by atoms with Crippen LogP contribution in [0.15, 0.2) is 58.4 Å². The van der Waals surface area contributed by atoms with Crippen molar-refractivity contribution in [3.63, 3.8) is 0 Å². The number of thiazole rings is 1. The molecule has 4 aromatic rings. The molecule has 0 aliphatic heterocycles. The molecule has 0 saturated heterocycles. The van der Waals surface area contributed by atoms with Gasteiger partial charge in [-0.2, -0.15) is 0 Å². The number of para-hydroxylation sites is 2. The third kappa shape index (κ3) is 3.72. The zero-order chi connectivity index (χ0) is 19.5. The molecule has 0 atom stereocenters. The molecule has 7 nitrogen and oxygen atoms in total. The summed E-state index contributed by atoms with van der Waals surface area (Å²) in [5.74, 6) is 0.421. The number of nitrogens with zero attached hydrogens (tertiary/aromatic N) is 3. The van der Waals surface area contributed by atoms with E-state index in [9.17, 15) is 9.59 Å². The van der Waals surface area contributed by atoms with Crippen LogP contribution in [0.25, 0.3) is 21.1 Å². The van der Waals surface area contributed by atoms with Crippen molar-refractivity contribution in [1.82, 2.24) is 20.0 Å². The fourth-order valence-corrected chi connectivity index (χ4v) is 4.00. The lowest BCUT2D eigenvalue weighted by molar-refractivity contribution is -0.121. The molecule has 0 radical (unpaired) electrons. The van der Waals surface area contributed by atoms with Crippen molar-refractivity contribution in [1.29, 1.82) is 0 Å². The van der Waals surface area contributed by atoms with Crippen LogP contribution >= 0.6 is 11.3 Å². The molecule has 2 aromatic heterocycles. The van der Waals surface area contributed by atoms with Gasteiger partial charge in [0.15, 0.2) is 0 Å². The molecular weight excluding hydrogens is 374 g/mol. The minimum atomic E-state index is -0.166. The molecule has 142 valence electrons. The molecule has 0 saturated carbocycles. The smallest absolute Gasteiger partial charge is 0.258 e. The van der Waals surface area contributed by atoms with Gasteiger partial charge in [-0.3, -0.25) is 9.59 Å². The topological polar surface area (TPSA) is 92.1 Å². The average Bonchev–Trinajstić information content (AvgIpc) is 3.02. The largest absolute Gasteiger partial charge is 0.318 e. The quantitative estimate of drug-likeness (QED) is 0.510. The zero-order valence-electron chi connectivity index (χ0n) is 15.3. The number of nitrogens with one attached hydrogen (secondary N) is 2. The number of carbonyl (C=O) groups excluding carboxylic acids is 1. The van der Waals surface area contributed by atoms with E-state index in [1.165, 1.54) is 11.3 Å². The van der Waals surface area contributed by atoms with Gasteiger partial charge < -0.3 is 9.55 Å². The van der Waals surface area contributed by atoms with E-state index in [4.69, 9.17) is 0 Å². The van der Waals surface area contributed by atoms with Crippen molar-refractivity contribution >= 4 is 38.4 Å². The number of H-pyrrole nitrogens is 1. The first kappa shape index (κ1) is 18.1. The highest BCUT2D eigenvalue weighted by molar-refractivity contribution is 7.16. The van der Waals surface area contributed by atoms with E-state index in [1.54, 1.807) is 6.07 Å². The highest BCUT2D eigenvalue weighted by Gasteiger charge is 2.06. The predicted molar refractivity (Wildman–Crippen MR) is 110 cm³/mol. The summed E-state index contributed by atoms with van der Waals surface area (Å²) in [7, 11) is 1.92. The standard InChI is InChI=1S/C20H19N5O2S/c1-25-15-9-4-5-10-16(15)28-20(25)24-23-18(26)12-6-11-17-21-14-8-3-2-7-13(14)19(27)22-17/h2-5,7-10H,6,11-12H2,1H3,(H,23,26)(H,21,22,27)/b24-20-. The first-order valence-corrected chi connectivity index (χ1v) is 9.78. The summed E-state index contributed by atoms with van der Waals surface area (Å²) >= 11 is 1.52. The summed E-state index contributed by atoms with van der Waals surface area (Å²) in [5.41, 5.74) is 4.20. The summed E-state index contributed by atoms with van der Waals surface area (Å²) in [5, 5.41) is 4.80. The number of aromatic nitrogens is 3. The van der Waals surface area contributed by atoms with Gasteiger partial charge in [-0.1, -0.05) is 35.6 Å². The average molecular weight is 393 g/mol. The van der Waals surface area contributed by atoms with E-state index in [-0.39, 0.29) is 11.5 Å². The second kappa shape index (κ2) is 7.77. The Morgan fingerprint density at radius 3 is 2.86 bits per heavy atom. The number of rotatable bonds is 5. The maximum Gasteiger partial charge on any atom is 0.258 e. The van der Waals surface area contributed by atoms with Gasteiger partial charge in [0.1, 0.15) is 5.82 Å². The Hall–Kier alpha value is -3.26. The Labute approximate surface area is 164 Å². The van der Waals surface area contributed by atoms with Crippen molar-refractivity contribution < 1.29 is 4.79 Å². The van der Waals surface area contributed by atoms with Crippen molar-refractivity contribution in [3.8, 4) is 0 Å². The van der Waals surface area contributed by atoms with Crippen molar-refractivity contribution in [3.05, 3.63) is 69.5 Å². The summed E-state index contributed by atoms with van der Waals surface area (Å²) in [6, 6.07) is 15.2. The highest BCUT2D eigenvalue weighted by Crippen LogP contribution is 2.15. The van der Waals surface area contributed by atoms with Gasteiger partial charge >= 0.3 is 0 Å². The van der Waals surface area contributed by atoms with E-state index in [1.807, 2.05) is 54.1 Å². The molecule has 0 spiro atoms. The third-order valence-electron chi connectivity index (χ3n) is 4.47. The van der Waals surface area contributed by atoms with Crippen LogP contribution in [-0.2, 0) is 18.3 Å². The second-order valence-corrected chi connectivity index (χ2v) is 7.45. The maximum absolute atomic E-state index is 12.1. The molecule has 4 rings (SSSR count). The van der Waals surface area contributed by atoms with Gasteiger partial charge in [0, 0.05) is 19.9 Å². The maximum atomic E-state index is 12.1. The molecule has 0 aliphatic rings. The van der Waals surface area contributed by atoms with Gasteiger partial charge in [0.2, 0.25) is 10.7 Å².